The predicted molar refractivity (Wildman–Crippen MR) is 44.8 cm³/mol. The molecule has 0 spiro atoms. The van der Waals surface area contributed by atoms with Crippen LogP contribution in [-0.2, 0) is 0 Å². The molecular weight excluding hydrogens is 159 g/mol. The van der Waals surface area contributed by atoms with Crippen LogP contribution in [0.1, 0.15) is 12.8 Å². The third-order valence-corrected chi connectivity index (χ3v) is 0.642. The number of nitrogens with two attached hydrogens (primary N) is 1. The zero-order valence-electron chi connectivity index (χ0n) is 5.09. The quantitative estimate of drug-likeness (QED) is 0.284. The number of hydrazine groups is 1. The van der Waals surface area contributed by atoms with Crippen LogP contribution in [0, 0.1) is 12.3 Å². The fourth-order valence-corrected chi connectivity index (χ4v) is 0.293. The van der Waals surface area contributed by atoms with Crippen LogP contribution in [0.15, 0.2) is 0 Å². The lowest BCUT2D eigenvalue weighted by Crippen LogP contribution is -2.22. The van der Waals surface area contributed by atoms with E-state index in [-0.39, 0.29) is 24.8 Å². The molecule has 0 unspecified atom stereocenters. The Morgan fingerprint density at radius 3 is 2.33 bits per heavy atom. The van der Waals surface area contributed by atoms with E-state index in [0.29, 0.717) is 0 Å². The summed E-state index contributed by atoms with van der Waals surface area (Å²) in [5, 5.41) is 0. The van der Waals surface area contributed by atoms with Gasteiger partial charge in [0.15, 0.2) is 0 Å². The summed E-state index contributed by atoms with van der Waals surface area (Å²) in [5.74, 6) is 7.46. The first kappa shape index (κ1) is 16.0. The molecule has 0 radical (unpaired) electrons. The zero-order valence-corrected chi connectivity index (χ0v) is 6.73. The Bertz CT molecular complexity index is 69.8. The third-order valence-electron chi connectivity index (χ3n) is 0.642. The van der Waals surface area contributed by atoms with Crippen LogP contribution in [0.3, 0.4) is 0 Å². The maximum Gasteiger partial charge on any atom is 0.0106 e. The first-order chi connectivity index (χ1) is 3.41. The van der Waals surface area contributed by atoms with Gasteiger partial charge in [0.25, 0.3) is 0 Å². The van der Waals surface area contributed by atoms with Crippen LogP contribution < -0.4 is 11.3 Å². The molecule has 0 heterocycles. The fraction of sp³-hybridized carbons (Fsp3) is 0.600. The van der Waals surface area contributed by atoms with E-state index in [1.165, 1.54) is 0 Å². The molecule has 0 aliphatic rings. The highest BCUT2D eigenvalue weighted by atomic mass is 35.5. The molecule has 0 saturated heterocycles. The summed E-state index contributed by atoms with van der Waals surface area (Å²) in [6.45, 7) is 0.810. The monoisotopic (exact) mass is 170 g/mol. The molecule has 0 fully saturated rings. The van der Waals surface area contributed by atoms with E-state index >= 15 is 0 Å². The number of nitrogens with one attached hydrogen (secondary N) is 1. The van der Waals surface area contributed by atoms with E-state index in [1.54, 1.807) is 0 Å². The highest BCUT2D eigenvalue weighted by molar-refractivity contribution is 5.85. The molecular formula is C5H12Cl2N2. The molecule has 56 valence electrons. The molecule has 0 bridgehead atoms. The Labute approximate surface area is 68.4 Å². The lowest BCUT2D eigenvalue weighted by molar-refractivity contribution is 0.692. The summed E-state index contributed by atoms with van der Waals surface area (Å²) in [7, 11) is 0. The first-order valence-electron chi connectivity index (χ1n) is 2.28. The van der Waals surface area contributed by atoms with Gasteiger partial charge in [-0.05, 0) is 6.42 Å². The predicted octanol–water partition coefficient (Wildman–Crippen LogP) is 0.707. The zero-order chi connectivity index (χ0) is 5.54. The fourth-order valence-electron chi connectivity index (χ4n) is 0.293. The minimum absolute atomic E-state index is 0. The molecule has 0 rings (SSSR count). The van der Waals surface area contributed by atoms with Gasteiger partial charge in [-0.15, -0.1) is 37.2 Å². The van der Waals surface area contributed by atoms with Crippen LogP contribution in [0.2, 0.25) is 0 Å². The second-order valence-electron chi connectivity index (χ2n) is 1.26. The normalized spacial score (nSPS) is 6.22. The van der Waals surface area contributed by atoms with Crippen LogP contribution >= 0.6 is 24.8 Å². The lowest BCUT2D eigenvalue weighted by atomic mass is 10.3. The summed E-state index contributed by atoms with van der Waals surface area (Å²) >= 11 is 0. The molecule has 0 aromatic carbocycles. The number of unbranched alkanes of at least 4 members (excludes halogenated alkanes) is 1. The molecule has 0 aromatic rings. The molecule has 0 aromatic heterocycles. The average Bonchev–Trinajstić information content (AvgIpc) is 1.69. The van der Waals surface area contributed by atoms with Crippen molar-refractivity contribution in [3.63, 3.8) is 0 Å². The van der Waals surface area contributed by atoms with Crippen molar-refractivity contribution >= 4 is 24.8 Å². The summed E-state index contributed by atoms with van der Waals surface area (Å²) in [6, 6.07) is 0. The Hall–Kier alpha value is 0.0600. The largest absolute Gasteiger partial charge is 0.271 e. The van der Waals surface area contributed by atoms with Crippen molar-refractivity contribution < 1.29 is 0 Å². The minimum atomic E-state index is 0. The van der Waals surface area contributed by atoms with Gasteiger partial charge >= 0.3 is 0 Å². The van der Waals surface area contributed by atoms with Gasteiger partial charge in [0.1, 0.15) is 0 Å². The number of terminal acetylenes is 1. The van der Waals surface area contributed by atoms with Crippen molar-refractivity contribution in [3.8, 4) is 12.3 Å². The van der Waals surface area contributed by atoms with E-state index in [9.17, 15) is 0 Å². The van der Waals surface area contributed by atoms with E-state index in [0.717, 1.165) is 19.4 Å². The van der Waals surface area contributed by atoms with Gasteiger partial charge in [-0.2, -0.15) is 0 Å². The third kappa shape index (κ3) is 18.0. The van der Waals surface area contributed by atoms with Gasteiger partial charge in [-0.3, -0.25) is 11.3 Å². The number of rotatable bonds is 3. The highest BCUT2D eigenvalue weighted by Gasteiger charge is 1.76. The smallest absolute Gasteiger partial charge is 0.0106 e. The molecule has 9 heavy (non-hydrogen) atoms. The summed E-state index contributed by atoms with van der Waals surface area (Å²) in [4.78, 5) is 0. The van der Waals surface area contributed by atoms with Crippen molar-refractivity contribution in [2.45, 2.75) is 12.8 Å². The molecule has 2 nitrogen and oxygen atoms in total. The number of hydrogen-bond donors (Lipinski definition) is 2. The molecule has 0 saturated carbocycles. The Morgan fingerprint density at radius 1 is 1.44 bits per heavy atom. The Morgan fingerprint density at radius 2 is 2.00 bits per heavy atom. The van der Waals surface area contributed by atoms with E-state index in [2.05, 4.69) is 11.3 Å². The molecule has 3 N–H and O–H groups in total. The van der Waals surface area contributed by atoms with Crippen LogP contribution in [0.5, 0.6) is 0 Å². The van der Waals surface area contributed by atoms with Crippen molar-refractivity contribution in [1.29, 1.82) is 0 Å². The van der Waals surface area contributed by atoms with E-state index in [4.69, 9.17) is 12.3 Å². The summed E-state index contributed by atoms with van der Waals surface area (Å²) < 4.78 is 0. The van der Waals surface area contributed by atoms with Crippen molar-refractivity contribution in [1.82, 2.24) is 5.43 Å². The lowest BCUT2D eigenvalue weighted by Gasteiger charge is -1.89. The van der Waals surface area contributed by atoms with Crippen LogP contribution in [-0.4, -0.2) is 6.54 Å². The van der Waals surface area contributed by atoms with E-state index < -0.39 is 0 Å². The maximum absolute atomic E-state index is 4.95. The molecule has 0 amide bonds. The van der Waals surface area contributed by atoms with Gasteiger partial charge in [0.2, 0.25) is 0 Å². The summed E-state index contributed by atoms with van der Waals surface area (Å²) in [5.41, 5.74) is 2.51. The molecule has 0 aliphatic carbocycles. The van der Waals surface area contributed by atoms with Gasteiger partial charge < -0.3 is 0 Å². The topological polar surface area (TPSA) is 38.0 Å². The van der Waals surface area contributed by atoms with E-state index in [1.807, 2.05) is 0 Å². The second kappa shape index (κ2) is 15.7. The Kier molecular flexibility index (Phi) is 27.9. The van der Waals surface area contributed by atoms with Crippen molar-refractivity contribution in [2.24, 2.45) is 5.84 Å². The molecule has 0 atom stereocenters. The SMILES string of the molecule is C#CCCCNN.Cl.Cl. The number of hydrogen-bond acceptors (Lipinski definition) is 2. The van der Waals surface area contributed by atoms with Gasteiger partial charge in [-0.1, -0.05) is 0 Å². The standard InChI is InChI=1S/C5H10N2.2ClH/c1-2-3-4-5-7-6;;/h1,7H,3-6H2;2*1H. The maximum atomic E-state index is 4.95. The van der Waals surface area contributed by atoms with Crippen molar-refractivity contribution in [2.75, 3.05) is 6.54 Å². The second-order valence-corrected chi connectivity index (χ2v) is 1.26. The number of halogens is 2. The van der Waals surface area contributed by atoms with Gasteiger partial charge in [0, 0.05) is 13.0 Å². The van der Waals surface area contributed by atoms with Gasteiger partial charge in [0.05, 0.1) is 0 Å². The van der Waals surface area contributed by atoms with Crippen molar-refractivity contribution in [3.05, 3.63) is 0 Å². The van der Waals surface area contributed by atoms with Gasteiger partial charge in [-0.25, -0.2) is 0 Å². The molecule has 4 heteroatoms. The average molecular weight is 171 g/mol. The molecule has 0 aliphatic heterocycles. The minimum Gasteiger partial charge on any atom is -0.271 e. The highest BCUT2D eigenvalue weighted by Crippen LogP contribution is 1.79. The first-order valence-corrected chi connectivity index (χ1v) is 2.28. The Balaban J connectivity index is -0.000000180. The van der Waals surface area contributed by atoms with Crippen LogP contribution in [0.25, 0.3) is 0 Å². The summed E-state index contributed by atoms with van der Waals surface area (Å²) in [6.07, 6.45) is 6.73. The van der Waals surface area contributed by atoms with Crippen LogP contribution in [0.4, 0.5) is 0 Å².